The predicted octanol–water partition coefficient (Wildman–Crippen LogP) is 1.94. The predicted molar refractivity (Wildman–Crippen MR) is 102 cm³/mol. The third kappa shape index (κ3) is 2.70. The van der Waals surface area contributed by atoms with E-state index in [2.05, 4.69) is 26.8 Å². The molecule has 152 valence electrons. The number of fused-ring (bicyclic) bond motifs is 2. The summed E-state index contributed by atoms with van der Waals surface area (Å²) in [4.78, 5) is 0. The molecule has 0 amide bonds. The van der Waals surface area contributed by atoms with Crippen molar-refractivity contribution in [3.63, 3.8) is 0 Å². The van der Waals surface area contributed by atoms with Crippen LogP contribution in [-0.4, -0.2) is 57.6 Å². The molecule has 4 aliphatic rings. The smallest absolute Gasteiger partial charge is 0.128 e. The van der Waals surface area contributed by atoms with Gasteiger partial charge in [-0.1, -0.05) is 31.9 Å². The first-order valence-corrected chi connectivity index (χ1v) is 10.3. The van der Waals surface area contributed by atoms with Crippen LogP contribution in [0.25, 0.3) is 0 Å². The first-order valence-electron chi connectivity index (χ1n) is 10.3. The average molecular weight is 379 g/mol. The van der Waals surface area contributed by atoms with E-state index in [-0.39, 0.29) is 30.0 Å². The van der Waals surface area contributed by atoms with Crippen molar-refractivity contribution < 1.29 is 25.2 Å². The Kier molecular flexibility index (Phi) is 4.64. The van der Waals surface area contributed by atoms with Crippen LogP contribution in [0.3, 0.4) is 0 Å². The fraction of sp³-hybridized carbons (Fsp3) is 0.818. The minimum Gasteiger partial charge on any atom is -0.396 e. The second-order valence-corrected chi connectivity index (χ2v) is 9.95. The molecule has 1 heterocycles. The van der Waals surface area contributed by atoms with Crippen LogP contribution in [0.1, 0.15) is 52.9 Å². The number of epoxide rings is 1. The molecule has 3 aliphatic carbocycles. The summed E-state index contributed by atoms with van der Waals surface area (Å²) in [6.45, 7) is 6.68. The Labute approximate surface area is 161 Å². The van der Waals surface area contributed by atoms with Gasteiger partial charge in [-0.05, 0) is 66.9 Å². The summed E-state index contributed by atoms with van der Waals surface area (Å²) < 4.78 is 5.94. The van der Waals surface area contributed by atoms with Gasteiger partial charge in [0.05, 0.1) is 6.61 Å². The highest BCUT2D eigenvalue weighted by Gasteiger charge is 2.68. The van der Waals surface area contributed by atoms with Gasteiger partial charge in [0.25, 0.3) is 0 Å². The molecular weight excluding hydrogens is 344 g/mol. The maximum atomic E-state index is 10.8. The summed E-state index contributed by atoms with van der Waals surface area (Å²) >= 11 is 0. The third-order valence-corrected chi connectivity index (χ3v) is 8.50. The van der Waals surface area contributed by atoms with Crippen molar-refractivity contribution in [1.29, 1.82) is 0 Å². The number of aliphatic hydroxyl groups is 4. The first-order chi connectivity index (χ1) is 12.7. The molecule has 1 saturated carbocycles. The molecule has 8 atom stereocenters. The summed E-state index contributed by atoms with van der Waals surface area (Å²) in [6, 6.07) is 0. The fourth-order valence-corrected chi connectivity index (χ4v) is 6.70. The van der Waals surface area contributed by atoms with E-state index in [1.165, 1.54) is 5.57 Å². The van der Waals surface area contributed by atoms with E-state index in [0.29, 0.717) is 17.9 Å². The van der Waals surface area contributed by atoms with Crippen LogP contribution >= 0.6 is 0 Å². The van der Waals surface area contributed by atoms with Crippen molar-refractivity contribution in [3.8, 4) is 0 Å². The van der Waals surface area contributed by atoms with Gasteiger partial charge in [0.1, 0.15) is 23.9 Å². The second kappa shape index (κ2) is 6.39. The molecule has 4 N–H and O–H groups in total. The van der Waals surface area contributed by atoms with Gasteiger partial charge in [0.15, 0.2) is 0 Å². The van der Waals surface area contributed by atoms with Crippen LogP contribution in [0, 0.1) is 22.7 Å². The molecule has 5 heteroatoms. The van der Waals surface area contributed by atoms with Gasteiger partial charge in [-0.3, -0.25) is 0 Å². The van der Waals surface area contributed by atoms with Gasteiger partial charge >= 0.3 is 0 Å². The molecule has 0 aromatic carbocycles. The summed E-state index contributed by atoms with van der Waals surface area (Å²) in [5.41, 5.74) is 1.00. The zero-order valence-electron chi connectivity index (χ0n) is 16.7. The standard InChI is InChI=1S/C22H34O5/c1-13-5-6-16-20(2,12-24)7-4-8-21(16,3)15(13)10-22-17(25)9-14(11-23)18(26)19(22)27-22/h5,9,15-19,23-26H,4,6-8,10-12H2,1-3H3/t15-,16+,17-,18+,19+,20-,21-,22-/m1/s1. The Hall–Kier alpha value is -0.720. The van der Waals surface area contributed by atoms with Crippen molar-refractivity contribution in [2.75, 3.05) is 13.2 Å². The van der Waals surface area contributed by atoms with Crippen LogP contribution in [0.4, 0.5) is 0 Å². The van der Waals surface area contributed by atoms with E-state index in [1.807, 2.05) is 0 Å². The molecular formula is C22H34O5. The lowest BCUT2D eigenvalue weighted by molar-refractivity contribution is -0.0808. The lowest BCUT2D eigenvalue weighted by atomic mass is 9.47. The monoisotopic (exact) mass is 378 g/mol. The molecule has 0 aromatic heterocycles. The van der Waals surface area contributed by atoms with E-state index < -0.39 is 23.9 Å². The molecule has 27 heavy (non-hydrogen) atoms. The third-order valence-electron chi connectivity index (χ3n) is 8.50. The lowest BCUT2D eigenvalue weighted by Gasteiger charge is -2.57. The van der Waals surface area contributed by atoms with Gasteiger partial charge in [0.2, 0.25) is 0 Å². The molecule has 0 bridgehead atoms. The number of rotatable bonds is 4. The van der Waals surface area contributed by atoms with Crippen molar-refractivity contribution in [2.45, 2.75) is 76.8 Å². The molecule has 2 fully saturated rings. The second-order valence-electron chi connectivity index (χ2n) is 9.95. The highest BCUT2D eigenvalue weighted by Crippen LogP contribution is 2.63. The number of ether oxygens (including phenoxy) is 1. The van der Waals surface area contributed by atoms with Crippen LogP contribution < -0.4 is 0 Å². The zero-order chi connectivity index (χ0) is 19.6. The zero-order valence-corrected chi connectivity index (χ0v) is 16.7. The first kappa shape index (κ1) is 19.6. The molecule has 0 unspecified atom stereocenters. The highest BCUT2D eigenvalue weighted by atomic mass is 16.6. The maximum Gasteiger partial charge on any atom is 0.128 e. The van der Waals surface area contributed by atoms with Crippen molar-refractivity contribution >= 4 is 0 Å². The summed E-state index contributed by atoms with van der Waals surface area (Å²) in [7, 11) is 0. The number of aliphatic hydroxyl groups excluding tert-OH is 4. The molecule has 5 nitrogen and oxygen atoms in total. The van der Waals surface area contributed by atoms with Crippen LogP contribution in [0.15, 0.2) is 23.3 Å². The Balaban J connectivity index is 1.65. The van der Waals surface area contributed by atoms with Crippen molar-refractivity contribution in [1.82, 2.24) is 0 Å². The van der Waals surface area contributed by atoms with Gasteiger partial charge in [-0.2, -0.15) is 0 Å². The van der Waals surface area contributed by atoms with E-state index in [9.17, 15) is 20.4 Å². The van der Waals surface area contributed by atoms with E-state index >= 15 is 0 Å². The Morgan fingerprint density at radius 2 is 1.93 bits per heavy atom. The van der Waals surface area contributed by atoms with Gasteiger partial charge in [-0.15, -0.1) is 0 Å². The van der Waals surface area contributed by atoms with Crippen LogP contribution in [0.5, 0.6) is 0 Å². The summed E-state index contributed by atoms with van der Waals surface area (Å²) in [5.74, 6) is 0.651. The highest BCUT2D eigenvalue weighted by molar-refractivity contribution is 5.33. The van der Waals surface area contributed by atoms with Crippen LogP contribution in [0.2, 0.25) is 0 Å². The van der Waals surface area contributed by atoms with Crippen LogP contribution in [-0.2, 0) is 4.74 Å². The SMILES string of the molecule is CC1=CC[C@H]2[C@@](C)(CO)CCC[C@]2(C)[C@@H]1C[C@]12O[C@H]1[C@@H](O)C(CO)=C[C@H]2O. The topological polar surface area (TPSA) is 93.5 Å². The Bertz CT molecular complexity index is 672. The quantitative estimate of drug-likeness (QED) is 0.443. The van der Waals surface area contributed by atoms with E-state index in [1.54, 1.807) is 6.08 Å². The Morgan fingerprint density at radius 3 is 2.59 bits per heavy atom. The molecule has 0 radical (unpaired) electrons. The summed E-state index contributed by atoms with van der Waals surface area (Å²) in [6.07, 6.45) is 6.72. The fourth-order valence-electron chi connectivity index (χ4n) is 6.70. The van der Waals surface area contributed by atoms with Gasteiger partial charge < -0.3 is 25.2 Å². The number of hydrogen-bond acceptors (Lipinski definition) is 5. The number of allylic oxidation sites excluding steroid dienone is 2. The number of hydrogen-bond donors (Lipinski definition) is 4. The Morgan fingerprint density at radius 1 is 1.19 bits per heavy atom. The average Bonchev–Trinajstić information content (AvgIpc) is 3.38. The van der Waals surface area contributed by atoms with E-state index in [0.717, 1.165) is 25.7 Å². The minimum absolute atomic E-state index is 0.0471. The van der Waals surface area contributed by atoms with Gasteiger partial charge in [-0.25, -0.2) is 0 Å². The molecule has 1 saturated heterocycles. The molecule has 4 rings (SSSR count). The van der Waals surface area contributed by atoms with Crippen molar-refractivity contribution in [3.05, 3.63) is 23.3 Å². The van der Waals surface area contributed by atoms with E-state index in [4.69, 9.17) is 4.74 Å². The normalized spacial score (nSPS) is 51.7. The summed E-state index contributed by atoms with van der Waals surface area (Å²) in [5, 5.41) is 40.7. The van der Waals surface area contributed by atoms with Gasteiger partial charge in [0, 0.05) is 6.61 Å². The molecule has 1 aliphatic heterocycles. The molecule has 0 aromatic rings. The minimum atomic E-state index is -0.844. The lowest BCUT2D eigenvalue weighted by Crippen LogP contribution is -2.53. The molecule has 0 spiro atoms. The maximum absolute atomic E-state index is 10.8. The van der Waals surface area contributed by atoms with Crippen molar-refractivity contribution in [2.24, 2.45) is 22.7 Å². The largest absolute Gasteiger partial charge is 0.396 e.